The first kappa shape index (κ1) is 10.7. The van der Waals surface area contributed by atoms with Gasteiger partial charge in [-0.15, -0.1) is 0 Å². The summed E-state index contributed by atoms with van der Waals surface area (Å²) < 4.78 is 10.1. The Morgan fingerprint density at radius 3 is 2.94 bits per heavy atom. The molecule has 1 aromatic carbocycles. The van der Waals surface area contributed by atoms with Gasteiger partial charge in [-0.25, -0.2) is 0 Å². The Bertz CT molecular complexity index is 502. The molecule has 1 heterocycles. The molecule has 0 saturated heterocycles. The highest BCUT2D eigenvalue weighted by atomic mass is 16.5. The quantitative estimate of drug-likeness (QED) is 0.743. The SMILES string of the molecule is CC(C)OC(=O)Cc1noc2ccccc12. The Morgan fingerprint density at radius 1 is 1.44 bits per heavy atom. The van der Waals surface area contributed by atoms with E-state index in [9.17, 15) is 4.79 Å². The van der Waals surface area contributed by atoms with E-state index in [1.54, 1.807) is 0 Å². The Morgan fingerprint density at radius 2 is 2.19 bits per heavy atom. The average molecular weight is 219 g/mol. The second-order valence-electron chi connectivity index (χ2n) is 3.84. The van der Waals surface area contributed by atoms with Gasteiger partial charge in [-0.2, -0.15) is 0 Å². The lowest BCUT2D eigenvalue weighted by Gasteiger charge is -2.05. The highest BCUT2D eigenvalue weighted by Gasteiger charge is 2.13. The van der Waals surface area contributed by atoms with E-state index in [-0.39, 0.29) is 18.5 Å². The largest absolute Gasteiger partial charge is 0.463 e. The Labute approximate surface area is 93.2 Å². The fourth-order valence-electron chi connectivity index (χ4n) is 1.51. The second-order valence-corrected chi connectivity index (χ2v) is 3.84. The van der Waals surface area contributed by atoms with Gasteiger partial charge in [-0.3, -0.25) is 4.79 Å². The lowest BCUT2D eigenvalue weighted by molar-refractivity contribution is -0.146. The molecule has 0 bridgehead atoms. The van der Waals surface area contributed by atoms with E-state index in [0.29, 0.717) is 11.3 Å². The van der Waals surface area contributed by atoms with Crippen molar-refractivity contribution in [2.75, 3.05) is 0 Å². The maximum absolute atomic E-state index is 11.5. The zero-order chi connectivity index (χ0) is 11.5. The average Bonchev–Trinajstić information content (AvgIpc) is 2.61. The molecule has 0 atom stereocenters. The summed E-state index contributed by atoms with van der Waals surface area (Å²) in [5, 5.41) is 4.73. The molecule has 2 rings (SSSR count). The van der Waals surface area contributed by atoms with Crippen LogP contribution in [0.2, 0.25) is 0 Å². The predicted molar refractivity (Wildman–Crippen MR) is 58.9 cm³/mol. The Balaban J connectivity index is 2.18. The van der Waals surface area contributed by atoms with Gasteiger partial charge in [0.25, 0.3) is 0 Å². The number of hydrogen-bond donors (Lipinski definition) is 0. The summed E-state index contributed by atoms with van der Waals surface area (Å²) in [5.74, 6) is -0.283. The van der Waals surface area contributed by atoms with E-state index in [1.165, 1.54) is 0 Å². The van der Waals surface area contributed by atoms with Crippen LogP contribution in [0.5, 0.6) is 0 Å². The lowest BCUT2D eigenvalue weighted by Crippen LogP contribution is -2.13. The van der Waals surface area contributed by atoms with E-state index < -0.39 is 0 Å². The van der Waals surface area contributed by atoms with Gasteiger partial charge in [0.1, 0.15) is 5.69 Å². The van der Waals surface area contributed by atoms with E-state index in [1.807, 2.05) is 38.1 Å². The molecular weight excluding hydrogens is 206 g/mol. The van der Waals surface area contributed by atoms with E-state index >= 15 is 0 Å². The fraction of sp³-hybridized carbons (Fsp3) is 0.333. The van der Waals surface area contributed by atoms with Crippen LogP contribution in [0.4, 0.5) is 0 Å². The van der Waals surface area contributed by atoms with Crippen LogP contribution in [-0.2, 0) is 16.0 Å². The molecule has 0 spiro atoms. The molecule has 0 unspecified atom stereocenters. The highest BCUT2D eigenvalue weighted by Crippen LogP contribution is 2.18. The molecule has 0 N–H and O–H groups in total. The molecule has 0 radical (unpaired) electrons. The van der Waals surface area contributed by atoms with Gasteiger partial charge in [0.05, 0.1) is 12.5 Å². The van der Waals surface area contributed by atoms with Crippen LogP contribution >= 0.6 is 0 Å². The summed E-state index contributed by atoms with van der Waals surface area (Å²) in [6.45, 7) is 3.64. The number of rotatable bonds is 3. The predicted octanol–water partition coefficient (Wildman–Crippen LogP) is 2.32. The Hall–Kier alpha value is -1.84. The first-order valence-corrected chi connectivity index (χ1v) is 5.19. The minimum Gasteiger partial charge on any atom is -0.463 e. The molecule has 16 heavy (non-hydrogen) atoms. The zero-order valence-electron chi connectivity index (χ0n) is 9.27. The first-order chi connectivity index (χ1) is 7.66. The number of aromatic nitrogens is 1. The third kappa shape index (κ3) is 2.21. The van der Waals surface area contributed by atoms with Gasteiger partial charge in [0.15, 0.2) is 5.58 Å². The zero-order valence-corrected chi connectivity index (χ0v) is 9.27. The van der Waals surface area contributed by atoms with Crippen LogP contribution in [0.3, 0.4) is 0 Å². The van der Waals surface area contributed by atoms with Crippen molar-refractivity contribution in [3.63, 3.8) is 0 Å². The maximum atomic E-state index is 11.5. The van der Waals surface area contributed by atoms with Crippen LogP contribution in [-0.4, -0.2) is 17.2 Å². The summed E-state index contributed by atoms with van der Waals surface area (Å²) in [6.07, 6.45) is 0.0421. The van der Waals surface area contributed by atoms with Crippen molar-refractivity contribution >= 4 is 16.9 Å². The number of carbonyl (C=O) groups is 1. The van der Waals surface area contributed by atoms with Crippen LogP contribution in [0.25, 0.3) is 11.0 Å². The van der Waals surface area contributed by atoms with Crippen LogP contribution in [0.1, 0.15) is 19.5 Å². The van der Waals surface area contributed by atoms with Gasteiger partial charge in [0.2, 0.25) is 0 Å². The number of benzene rings is 1. The molecule has 4 heteroatoms. The van der Waals surface area contributed by atoms with E-state index in [2.05, 4.69) is 5.16 Å². The molecule has 4 nitrogen and oxygen atoms in total. The summed E-state index contributed by atoms with van der Waals surface area (Å²) >= 11 is 0. The minimum atomic E-state index is -0.283. The van der Waals surface area contributed by atoms with Crippen molar-refractivity contribution in [2.24, 2.45) is 0 Å². The molecule has 2 aromatic rings. The molecule has 0 aliphatic heterocycles. The number of esters is 1. The van der Waals surface area contributed by atoms with Crippen molar-refractivity contribution < 1.29 is 14.1 Å². The van der Waals surface area contributed by atoms with Crippen molar-refractivity contribution in [3.05, 3.63) is 30.0 Å². The van der Waals surface area contributed by atoms with Crippen molar-refractivity contribution in [3.8, 4) is 0 Å². The van der Waals surface area contributed by atoms with E-state index in [4.69, 9.17) is 9.26 Å². The number of para-hydroxylation sites is 1. The molecule has 0 aliphatic rings. The maximum Gasteiger partial charge on any atom is 0.312 e. The number of carbonyl (C=O) groups excluding carboxylic acids is 1. The van der Waals surface area contributed by atoms with Gasteiger partial charge in [-0.05, 0) is 26.0 Å². The topological polar surface area (TPSA) is 52.3 Å². The van der Waals surface area contributed by atoms with Gasteiger partial charge in [0, 0.05) is 5.39 Å². The number of hydrogen-bond acceptors (Lipinski definition) is 4. The van der Waals surface area contributed by atoms with Gasteiger partial charge >= 0.3 is 5.97 Å². The normalized spacial score (nSPS) is 10.9. The standard InChI is InChI=1S/C12H13NO3/c1-8(2)15-12(14)7-10-9-5-3-4-6-11(9)16-13-10/h3-6,8H,7H2,1-2H3. The molecular formula is C12H13NO3. The molecule has 84 valence electrons. The minimum absolute atomic E-state index is 0.106. The van der Waals surface area contributed by atoms with Crippen molar-refractivity contribution in [2.45, 2.75) is 26.4 Å². The summed E-state index contributed by atoms with van der Waals surface area (Å²) in [4.78, 5) is 11.5. The van der Waals surface area contributed by atoms with Crippen LogP contribution in [0, 0.1) is 0 Å². The smallest absolute Gasteiger partial charge is 0.312 e. The molecule has 0 saturated carbocycles. The second kappa shape index (κ2) is 4.35. The van der Waals surface area contributed by atoms with Gasteiger partial charge in [-0.1, -0.05) is 17.3 Å². The number of nitrogens with zero attached hydrogens (tertiary/aromatic N) is 1. The van der Waals surface area contributed by atoms with Crippen LogP contribution < -0.4 is 0 Å². The van der Waals surface area contributed by atoms with E-state index in [0.717, 1.165) is 5.39 Å². The summed E-state index contributed by atoms with van der Waals surface area (Å²) in [6, 6.07) is 7.45. The highest BCUT2D eigenvalue weighted by molar-refractivity contribution is 5.84. The van der Waals surface area contributed by atoms with Crippen molar-refractivity contribution in [1.29, 1.82) is 0 Å². The summed E-state index contributed by atoms with van der Waals surface area (Å²) in [5.41, 5.74) is 1.32. The van der Waals surface area contributed by atoms with Crippen LogP contribution in [0.15, 0.2) is 28.8 Å². The van der Waals surface area contributed by atoms with Gasteiger partial charge < -0.3 is 9.26 Å². The number of fused-ring (bicyclic) bond motifs is 1. The first-order valence-electron chi connectivity index (χ1n) is 5.19. The third-order valence-corrected chi connectivity index (χ3v) is 2.13. The molecule has 0 amide bonds. The molecule has 0 aliphatic carbocycles. The third-order valence-electron chi connectivity index (χ3n) is 2.13. The molecule has 1 aromatic heterocycles. The monoisotopic (exact) mass is 219 g/mol. The lowest BCUT2D eigenvalue weighted by atomic mass is 10.2. The number of ether oxygens (including phenoxy) is 1. The van der Waals surface area contributed by atoms with Crippen molar-refractivity contribution in [1.82, 2.24) is 5.16 Å². The summed E-state index contributed by atoms with van der Waals surface area (Å²) in [7, 11) is 0. The Kier molecular flexibility index (Phi) is 2.90. The fourth-order valence-corrected chi connectivity index (χ4v) is 1.51. The molecule has 0 fully saturated rings.